The topological polar surface area (TPSA) is 32.9 Å². The Hall–Kier alpha value is -15.1. The molecular weight excluding hydrogens is 1430 g/mol. The van der Waals surface area contributed by atoms with E-state index in [1.54, 1.807) is 0 Å². The fourth-order valence-electron chi connectivity index (χ4n) is 18.7. The lowest BCUT2D eigenvalue weighted by atomic mass is 10.0. The third-order valence-corrected chi connectivity index (χ3v) is 25.5. The Kier molecular flexibility index (Phi) is 14.9. The van der Waals surface area contributed by atoms with Crippen molar-refractivity contribution in [3.63, 3.8) is 0 Å². The number of hydrogen-bond acceptors (Lipinski definition) is 2. The first-order valence-electron chi connectivity index (χ1n) is 39.7. The summed E-state index contributed by atoms with van der Waals surface area (Å²) in [4.78, 5) is 0. The predicted molar refractivity (Wildman–Crippen MR) is 493 cm³/mol. The zero-order chi connectivity index (χ0) is 76.1. The van der Waals surface area contributed by atoms with Crippen LogP contribution in [0.4, 0.5) is 0 Å². The highest BCUT2D eigenvalue weighted by atomic mass is 32.1. The van der Waals surface area contributed by atoms with Crippen LogP contribution in [-0.2, 0) is 0 Å². The summed E-state index contributed by atoms with van der Waals surface area (Å²) in [6.45, 7) is 0. The molecule has 0 spiro atoms. The Morgan fingerprint density at radius 2 is 0.534 bits per heavy atom. The van der Waals surface area contributed by atoms with E-state index < -0.39 is 0 Å². The summed E-state index contributed by atoms with van der Waals surface area (Å²) in [6.07, 6.45) is 0. The van der Waals surface area contributed by atoms with Gasteiger partial charge >= 0.3 is 0 Å². The van der Waals surface area contributed by atoms with Gasteiger partial charge in [-0.1, -0.05) is 285 Å². The molecule has 540 valence electrons. The SMILES string of the molecule is c1ccc2cc(-c3ccc(-n4c5ccccc5c5cc(-c6ccc(-n7c8ccccc8c8ccc(-c9cccc%10c9sc9ccccc9%10)cc87)cc6)ccc54)cc3)ccc2c1.c1ccc2cc(-n3c4ccccc4c4cc(-c5ccc(-n6c7ccccc7c7ccc(-c8cccc9c8oc8ccccc89)cc76)cc5)ccc43)ccc2c1. The summed E-state index contributed by atoms with van der Waals surface area (Å²) >= 11 is 1.89. The van der Waals surface area contributed by atoms with Gasteiger partial charge in [-0.2, -0.15) is 0 Å². The van der Waals surface area contributed by atoms with Crippen molar-refractivity contribution in [2.24, 2.45) is 0 Å². The number of fused-ring (bicyclic) bond motifs is 20. The minimum absolute atomic E-state index is 0.912. The summed E-state index contributed by atoms with van der Waals surface area (Å²) < 4.78 is 18.8. The number of aromatic nitrogens is 4. The van der Waals surface area contributed by atoms with E-state index >= 15 is 0 Å². The van der Waals surface area contributed by atoms with E-state index in [4.69, 9.17) is 4.42 Å². The molecule has 0 fully saturated rings. The minimum Gasteiger partial charge on any atom is -0.455 e. The van der Waals surface area contributed by atoms with Crippen molar-refractivity contribution in [3.8, 4) is 78.4 Å². The fourth-order valence-corrected chi connectivity index (χ4v) is 20.0. The van der Waals surface area contributed by atoms with Gasteiger partial charge in [0.15, 0.2) is 0 Å². The number of furan rings is 1. The third kappa shape index (κ3) is 10.5. The molecule has 0 atom stereocenters. The van der Waals surface area contributed by atoms with Gasteiger partial charge in [0.1, 0.15) is 11.2 Å². The molecule has 0 bridgehead atoms. The first-order chi connectivity index (χ1) is 57.5. The first kappa shape index (κ1) is 65.6. The molecule has 25 rings (SSSR count). The van der Waals surface area contributed by atoms with Crippen LogP contribution >= 0.6 is 11.3 Å². The van der Waals surface area contributed by atoms with Crippen LogP contribution in [0, 0.1) is 0 Å². The Labute approximate surface area is 671 Å². The molecule has 0 N–H and O–H groups in total. The zero-order valence-corrected chi connectivity index (χ0v) is 63.7. The van der Waals surface area contributed by atoms with Gasteiger partial charge in [-0.05, 0) is 199 Å². The van der Waals surface area contributed by atoms with E-state index in [9.17, 15) is 0 Å². The Bertz CT molecular complexity index is 8330. The van der Waals surface area contributed by atoms with E-state index in [2.05, 4.69) is 419 Å². The second-order valence-electron chi connectivity index (χ2n) is 30.6. The molecule has 0 aliphatic carbocycles. The van der Waals surface area contributed by atoms with E-state index in [0.717, 1.165) is 50.1 Å². The molecule has 25 aromatic rings. The molecule has 5 nitrogen and oxygen atoms in total. The van der Waals surface area contributed by atoms with Crippen molar-refractivity contribution >= 4 is 162 Å². The van der Waals surface area contributed by atoms with Crippen molar-refractivity contribution in [3.05, 3.63) is 413 Å². The first-order valence-corrected chi connectivity index (χ1v) is 40.6. The molecule has 6 aromatic heterocycles. The van der Waals surface area contributed by atoms with Crippen LogP contribution in [0.1, 0.15) is 0 Å². The fraction of sp³-hybridized carbons (Fsp3) is 0. The largest absolute Gasteiger partial charge is 0.455 e. The highest BCUT2D eigenvalue weighted by Crippen LogP contribution is 2.46. The number of thiophene rings is 1. The summed E-state index contributed by atoms with van der Waals surface area (Å²) in [7, 11) is 0. The van der Waals surface area contributed by atoms with Crippen LogP contribution in [0.3, 0.4) is 0 Å². The lowest BCUT2D eigenvalue weighted by molar-refractivity contribution is 0.670. The van der Waals surface area contributed by atoms with Crippen LogP contribution in [0.5, 0.6) is 0 Å². The molecule has 0 aliphatic heterocycles. The Morgan fingerprint density at radius 3 is 1.09 bits per heavy atom. The minimum atomic E-state index is 0.912. The van der Waals surface area contributed by atoms with E-state index in [0.29, 0.717) is 0 Å². The van der Waals surface area contributed by atoms with Gasteiger partial charge < -0.3 is 22.7 Å². The number of rotatable bonds is 9. The van der Waals surface area contributed by atoms with Gasteiger partial charge in [-0.15, -0.1) is 11.3 Å². The molecule has 0 unspecified atom stereocenters. The number of hydrogen-bond donors (Lipinski definition) is 0. The Balaban J connectivity index is 0.000000134. The second kappa shape index (κ2) is 26.3. The molecule has 0 radical (unpaired) electrons. The van der Waals surface area contributed by atoms with E-state index in [1.807, 2.05) is 23.5 Å². The summed E-state index contributed by atoms with van der Waals surface area (Å²) in [5, 5.41) is 19.9. The summed E-state index contributed by atoms with van der Waals surface area (Å²) in [5.74, 6) is 0. The van der Waals surface area contributed by atoms with E-state index in [-0.39, 0.29) is 0 Å². The normalized spacial score (nSPS) is 12.0. The van der Waals surface area contributed by atoms with E-state index in [1.165, 1.54) is 179 Å². The second-order valence-corrected chi connectivity index (χ2v) is 31.7. The molecule has 0 aliphatic rings. The number of nitrogens with zero attached hydrogens (tertiary/aromatic N) is 4. The average molecular weight is 1490 g/mol. The third-order valence-electron chi connectivity index (χ3n) is 24.2. The predicted octanol–water partition coefficient (Wildman–Crippen LogP) is 30.7. The van der Waals surface area contributed by atoms with Gasteiger partial charge in [0.2, 0.25) is 0 Å². The molecule has 0 saturated heterocycles. The monoisotopic (exact) mass is 1490 g/mol. The van der Waals surface area contributed by atoms with Gasteiger partial charge in [0, 0.05) is 102 Å². The van der Waals surface area contributed by atoms with Crippen molar-refractivity contribution < 1.29 is 4.42 Å². The van der Waals surface area contributed by atoms with Gasteiger partial charge in [-0.3, -0.25) is 0 Å². The maximum absolute atomic E-state index is 6.46. The standard InChI is InChI=1S/C58H36N2S.C52H32N2O/c1-2-11-40-34-41(21-20-37(40)10-1)38-22-28-44(29-23-38)59-54-18-7-4-13-48(54)52-35-42(27-33-55(52)59)39-24-30-45(31-25-39)60-53-17-6-3-12-47(53)49-32-26-43(36-56(49)60)46-15-9-16-51-50-14-5-8-19-57(50)61-58(46)51;1-2-11-35-30-39(27-22-33(35)10-1)54-48-18-7-4-13-42(48)46-31-36(24-29-49(46)54)34-20-25-38(26-21-34)53-47-17-6-3-12-41(47)43-28-23-37(32-50(43)53)40-15-9-16-45-44-14-5-8-19-51(44)55-52(40)45/h1-36H;1-32H. The van der Waals surface area contributed by atoms with Gasteiger partial charge in [0.25, 0.3) is 0 Å². The lowest BCUT2D eigenvalue weighted by Crippen LogP contribution is -1.94. The summed E-state index contributed by atoms with van der Waals surface area (Å²) in [5.41, 5.74) is 28.0. The molecule has 19 aromatic carbocycles. The molecule has 116 heavy (non-hydrogen) atoms. The lowest BCUT2D eigenvalue weighted by Gasteiger charge is -2.11. The van der Waals surface area contributed by atoms with Crippen LogP contribution in [0.15, 0.2) is 417 Å². The van der Waals surface area contributed by atoms with Crippen molar-refractivity contribution in [1.29, 1.82) is 0 Å². The molecule has 6 heteroatoms. The zero-order valence-electron chi connectivity index (χ0n) is 62.9. The maximum atomic E-state index is 6.46. The highest BCUT2D eigenvalue weighted by molar-refractivity contribution is 7.26. The molecule has 0 amide bonds. The van der Waals surface area contributed by atoms with Gasteiger partial charge in [0.05, 0.1) is 44.1 Å². The van der Waals surface area contributed by atoms with Crippen molar-refractivity contribution in [2.45, 2.75) is 0 Å². The van der Waals surface area contributed by atoms with Crippen molar-refractivity contribution in [1.82, 2.24) is 18.3 Å². The van der Waals surface area contributed by atoms with Crippen LogP contribution < -0.4 is 0 Å². The summed E-state index contributed by atoms with van der Waals surface area (Å²) in [6, 6.07) is 151. The maximum Gasteiger partial charge on any atom is 0.143 e. The number of para-hydroxylation sites is 6. The molecule has 6 heterocycles. The molecule has 0 saturated carbocycles. The van der Waals surface area contributed by atoms with Crippen LogP contribution in [0.25, 0.3) is 229 Å². The van der Waals surface area contributed by atoms with Crippen LogP contribution in [-0.4, -0.2) is 18.3 Å². The highest BCUT2D eigenvalue weighted by Gasteiger charge is 2.22. The quantitative estimate of drug-likeness (QED) is 0.142. The van der Waals surface area contributed by atoms with Crippen molar-refractivity contribution in [2.75, 3.05) is 0 Å². The van der Waals surface area contributed by atoms with Gasteiger partial charge in [-0.25, -0.2) is 0 Å². The molecular formula is C110H68N4OS. The average Bonchev–Trinajstić information content (AvgIpc) is 1.59. The van der Waals surface area contributed by atoms with Crippen LogP contribution in [0.2, 0.25) is 0 Å². The Morgan fingerprint density at radius 1 is 0.181 bits per heavy atom. The number of benzene rings is 19. The smallest absolute Gasteiger partial charge is 0.143 e.